The first-order chi connectivity index (χ1) is 9.56. The minimum Gasteiger partial charge on any atom is -0.379 e. The Balaban J connectivity index is 2.15. The van der Waals surface area contributed by atoms with Gasteiger partial charge >= 0.3 is 0 Å². The van der Waals surface area contributed by atoms with Gasteiger partial charge in [-0.2, -0.15) is 5.10 Å². The molecule has 1 amide bonds. The number of nitrogens with zero attached hydrogens (tertiary/aromatic N) is 3. The second-order valence-corrected chi connectivity index (χ2v) is 5.37. The lowest BCUT2D eigenvalue weighted by atomic mass is 10.2. The molecule has 6 nitrogen and oxygen atoms in total. The van der Waals surface area contributed by atoms with Gasteiger partial charge in [-0.25, -0.2) is 9.67 Å². The number of ether oxygens (including phenoxy) is 1. The monoisotopic (exact) mass is 278 g/mol. The van der Waals surface area contributed by atoms with Crippen LogP contribution in [0.2, 0.25) is 0 Å². The third kappa shape index (κ3) is 3.90. The highest BCUT2D eigenvalue weighted by Crippen LogP contribution is 2.20. The van der Waals surface area contributed by atoms with E-state index in [1.165, 1.54) is 5.57 Å². The lowest BCUT2D eigenvalue weighted by Crippen LogP contribution is -2.16. The Morgan fingerprint density at radius 1 is 1.55 bits per heavy atom. The summed E-state index contributed by atoms with van der Waals surface area (Å²) < 4.78 is 7.33. The highest BCUT2D eigenvalue weighted by molar-refractivity contribution is 5.75. The molecule has 1 aliphatic rings. The number of allylic oxidation sites excluding steroid dienone is 2. The van der Waals surface area contributed by atoms with Gasteiger partial charge in [-0.15, -0.1) is 0 Å². The number of amides is 1. The normalized spacial score (nSPS) is 18.2. The molecule has 6 heteroatoms. The third-order valence-electron chi connectivity index (χ3n) is 3.25. The van der Waals surface area contributed by atoms with E-state index < -0.39 is 5.91 Å². The van der Waals surface area contributed by atoms with Gasteiger partial charge in [0, 0.05) is 13.0 Å². The average molecular weight is 278 g/mol. The van der Waals surface area contributed by atoms with Gasteiger partial charge in [0.25, 0.3) is 0 Å². The van der Waals surface area contributed by atoms with Crippen molar-refractivity contribution in [3.05, 3.63) is 23.3 Å². The standard InChI is InChI=1S/C14H22N4O2/c1-10(2)4-3-5-14-16-13(8-12(15)19)17-18(14)11-6-7-20-9-11/h4,11H,3,5-9H2,1-2H3,(H2,15,19). The van der Waals surface area contributed by atoms with Gasteiger partial charge in [-0.1, -0.05) is 11.6 Å². The Hall–Kier alpha value is -1.69. The molecule has 0 spiro atoms. The van der Waals surface area contributed by atoms with E-state index in [0.29, 0.717) is 12.4 Å². The number of carbonyl (C=O) groups is 1. The van der Waals surface area contributed by atoms with Gasteiger partial charge in [-0.05, 0) is 26.7 Å². The van der Waals surface area contributed by atoms with Crippen LogP contribution in [0.5, 0.6) is 0 Å². The van der Waals surface area contributed by atoms with Crippen LogP contribution in [0.15, 0.2) is 11.6 Å². The van der Waals surface area contributed by atoms with Crippen LogP contribution in [0, 0.1) is 0 Å². The first-order valence-corrected chi connectivity index (χ1v) is 7.00. The number of rotatable bonds is 6. The molecule has 0 saturated carbocycles. The molecule has 1 unspecified atom stereocenters. The van der Waals surface area contributed by atoms with Crippen LogP contribution in [-0.4, -0.2) is 33.9 Å². The maximum Gasteiger partial charge on any atom is 0.225 e. The SMILES string of the molecule is CC(C)=CCCc1nc(CC(N)=O)nn1C1CCOC1. The fourth-order valence-electron chi connectivity index (χ4n) is 2.30. The molecule has 2 heterocycles. The average Bonchev–Trinajstić information content (AvgIpc) is 2.96. The number of nitrogens with two attached hydrogens (primary N) is 1. The summed E-state index contributed by atoms with van der Waals surface area (Å²) in [7, 11) is 0. The van der Waals surface area contributed by atoms with Crippen LogP contribution in [0.3, 0.4) is 0 Å². The zero-order valence-electron chi connectivity index (χ0n) is 12.1. The van der Waals surface area contributed by atoms with Crippen molar-refractivity contribution in [2.75, 3.05) is 13.2 Å². The minimum atomic E-state index is -0.402. The maximum atomic E-state index is 11.0. The molecule has 1 fully saturated rings. The van der Waals surface area contributed by atoms with Gasteiger partial charge in [0.1, 0.15) is 5.82 Å². The number of aromatic nitrogens is 3. The zero-order chi connectivity index (χ0) is 14.5. The van der Waals surface area contributed by atoms with Crippen LogP contribution in [0.4, 0.5) is 0 Å². The van der Waals surface area contributed by atoms with E-state index in [1.54, 1.807) is 0 Å². The van der Waals surface area contributed by atoms with Crippen molar-refractivity contribution in [1.29, 1.82) is 0 Å². The number of hydrogen-bond donors (Lipinski definition) is 1. The fourth-order valence-corrected chi connectivity index (χ4v) is 2.30. The van der Waals surface area contributed by atoms with Gasteiger partial charge in [-0.3, -0.25) is 4.79 Å². The maximum absolute atomic E-state index is 11.0. The smallest absolute Gasteiger partial charge is 0.225 e. The summed E-state index contributed by atoms with van der Waals surface area (Å²) in [6, 6.07) is 0.228. The Labute approximate surface area is 119 Å². The third-order valence-corrected chi connectivity index (χ3v) is 3.25. The fraction of sp³-hybridized carbons (Fsp3) is 0.643. The summed E-state index contributed by atoms with van der Waals surface area (Å²) in [5, 5.41) is 4.43. The molecule has 0 bridgehead atoms. The summed E-state index contributed by atoms with van der Waals surface area (Å²) in [4.78, 5) is 15.5. The second kappa shape index (κ2) is 6.65. The van der Waals surface area contributed by atoms with Crippen molar-refractivity contribution < 1.29 is 9.53 Å². The Kier molecular flexibility index (Phi) is 4.89. The predicted molar refractivity (Wildman–Crippen MR) is 75.1 cm³/mol. The zero-order valence-corrected chi connectivity index (χ0v) is 12.1. The largest absolute Gasteiger partial charge is 0.379 e. The molecule has 2 N–H and O–H groups in total. The quantitative estimate of drug-likeness (QED) is 0.792. The Bertz CT molecular complexity index is 497. The summed E-state index contributed by atoms with van der Waals surface area (Å²) >= 11 is 0. The topological polar surface area (TPSA) is 83.0 Å². The van der Waals surface area contributed by atoms with Gasteiger partial charge in [0.2, 0.25) is 5.91 Å². The van der Waals surface area contributed by atoms with Crippen LogP contribution < -0.4 is 5.73 Å². The summed E-state index contributed by atoms with van der Waals surface area (Å²) in [5.74, 6) is 1.02. The number of primary amides is 1. The van der Waals surface area contributed by atoms with Crippen molar-refractivity contribution in [2.24, 2.45) is 5.73 Å². The van der Waals surface area contributed by atoms with E-state index in [2.05, 4.69) is 30.0 Å². The molecule has 1 atom stereocenters. The molecule has 0 aromatic carbocycles. The highest BCUT2D eigenvalue weighted by atomic mass is 16.5. The summed E-state index contributed by atoms with van der Waals surface area (Å²) in [6.07, 6.45) is 4.95. The molecule has 1 aromatic heterocycles. The molecule has 1 aliphatic heterocycles. The van der Waals surface area contributed by atoms with Crippen LogP contribution >= 0.6 is 0 Å². The van der Waals surface area contributed by atoms with Crippen molar-refractivity contribution in [3.63, 3.8) is 0 Å². The second-order valence-electron chi connectivity index (χ2n) is 5.37. The molecule has 2 rings (SSSR count). The molecule has 1 saturated heterocycles. The highest BCUT2D eigenvalue weighted by Gasteiger charge is 2.23. The van der Waals surface area contributed by atoms with E-state index >= 15 is 0 Å². The van der Waals surface area contributed by atoms with Gasteiger partial charge < -0.3 is 10.5 Å². The van der Waals surface area contributed by atoms with Crippen molar-refractivity contribution >= 4 is 5.91 Å². The first kappa shape index (κ1) is 14.7. The summed E-state index contributed by atoms with van der Waals surface area (Å²) in [5.41, 5.74) is 6.50. The minimum absolute atomic E-state index is 0.0935. The predicted octanol–water partition coefficient (Wildman–Crippen LogP) is 1.17. The van der Waals surface area contributed by atoms with Gasteiger partial charge in [0.05, 0.1) is 19.1 Å². The molecule has 0 radical (unpaired) electrons. The van der Waals surface area contributed by atoms with Gasteiger partial charge in [0.15, 0.2) is 5.82 Å². The van der Waals surface area contributed by atoms with Crippen molar-refractivity contribution in [1.82, 2.24) is 14.8 Å². The Morgan fingerprint density at radius 3 is 2.95 bits per heavy atom. The number of carbonyl (C=O) groups excluding carboxylic acids is 1. The van der Waals surface area contributed by atoms with E-state index in [4.69, 9.17) is 10.5 Å². The van der Waals surface area contributed by atoms with Crippen LogP contribution in [0.25, 0.3) is 0 Å². The van der Waals surface area contributed by atoms with E-state index in [-0.39, 0.29) is 12.5 Å². The van der Waals surface area contributed by atoms with Crippen LogP contribution in [-0.2, 0) is 22.4 Å². The first-order valence-electron chi connectivity index (χ1n) is 7.00. The molecule has 110 valence electrons. The van der Waals surface area contributed by atoms with E-state index in [1.807, 2.05) is 4.68 Å². The van der Waals surface area contributed by atoms with Crippen LogP contribution in [0.1, 0.15) is 44.4 Å². The van der Waals surface area contributed by atoms with E-state index in [0.717, 1.165) is 31.7 Å². The molecule has 1 aromatic rings. The Morgan fingerprint density at radius 2 is 2.35 bits per heavy atom. The lowest BCUT2D eigenvalue weighted by molar-refractivity contribution is -0.117. The van der Waals surface area contributed by atoms with Crippen molar-refractivity contribution in [2.45, 2.75) is 45.6 Å². The summed E-state index contributed by atoms with van der Waals surface area (Å²) in [6.45, 7) is 5.57. The number of aryl methyl sites for hydroxylation is 1. The molecular weight excluding hydrogens is 256 g/mol. The molecule has 20 heavy (non-hydrogen) atoms. The molecular formula is C14H22N4O2. The number of hydrogen-bond acceptors (Lipinski definition) is 4. The lowest BCUT2D eigenvalue weighted by Gasteiger charge is -2.10. The molecule has 0 aliphatic carbocycles. The van der Waals surface area contributed by atoms with Crippen molar-refractivity contribution in [3.8, 4) is 0 Å². The van der Waals surface area contributed by atoms with E-state index in [9.17, 15) is 4.79 Å².